The standard InChI is InChI=1S/C14H19N5/c1-2-13(4-7-18-8-5-15-6-9-18)10-14(3-1)19-12-16-11-17-19/h1-3,10-12,15H,4-9H2. The lowest BCUT2D eigenvalue weighted by atomic mass is 10.1. The van der Waals surface area contributed by atoms with E-state index in [9.17, 15) is 0 Å². The minimum atomic E-state index is 1.08. The number of benzene rings is 1. The molecule has 1 fully saturated rings. The summed E-state index contributed by atoms with van der Waals surface area (Å²) in [5.74, 6) is 0. The Morgan fingerprint density at radius 1 is 1.21 bits per heavy atom. The predicted octanol–water partition coefficient (Wildman–Crippen LogP) is 0.715. The van der Waals surface area contributed by atoms with Crippen molar-refractivity contribution in [2.75, 3.05) is 32.7 Å². The van der Waals surface area contributed by atoms with Gasteiger partial charge in [-0.2, -0.15) is 5.10 Å². The summed E-state index contributed by atoms with van der Waals surface area (Å²) < 4.78 is 1.80. The number of piperazine rings is 1. The summed E-state index contributed by atoms with van der Waals surface area (Å²) in [6, 6.07) is 8.52. The molecule has 5 heteroatoms. The molecule has 2 aromatic rings. The number of aromatic nitrogens is 3. The Kier molecular flexibility index (Phi) is 3.86. The maximum atomic E-state index is 4.16. The van der Waals surface area contributed by atoms with Gasteiger partial charge in [0.2, 0.25) is 0 Å². The van der Waals surface area contributed by atoms with Crippen LogP contribution in [0.25, 0.3) is 5.69 Å². The topological polar surface area (TPSA) is 46.0 Å². The molecule has 0 saturated carbocycles. The first-order valence-corrected chi connectivity index (χ1v) is 6.79. The lowest BCUT2D eigenvalue weighted by Crippen LogP contribution is -2.44. The van der Waals surface area contributed by atoms with Crippen LogP contribution in [-0.4, -0.2) is 52.4 Å². The Morgan fingerprint density at radius 2 is 2.11 bits per heavy atom. The molecule has 3 rings (SSSR count). The van der Waals surface area contributed by atoms with Crippen molar-refractivity contribution in [3.8, 4) is 5.69 Å². The van der Waals surface area contributed by atoms with Crippen LogP contribution in [0, 0.1) is 0 Å². The second kappa shape index (κ2) is 5.95. The molecule has 19 heavy (non-hydrogen) atoms. The molecule has 0 aliphatic carbocycles. The zero-order valence-corrected chi connectivity index (χ0v) is 11.0. The van der Waals surface area contributed by atoms with E-state index in [1.165, 1.54) is 5.56 Å². The fourth-order valence-electron chi connectivity index (χ4n) is 2.42. The van der Waals surface area contributed by atoms with Crippen LogP contribution in [0.5, 0.6) is 0 Å². The zero-order valence-electron chi connectivity index (χ0n) is 11.0. The van der Waals surface area contributed by atoms with Gasteiger partial charge in [0.1, 0.15) is 12.7 Å². The normalized spacial score (nSPS) is 16.6. The van der Waals surface area contributed by atoms with Crippen molar-refractivity contribution < 1.29 is 0 Å². The van der Waals surface area contributed by atoms with Crippen LogP contribution in [0.1, 0.15) is 5.56 Å². The molecule has 1 aromatic heterocycles. The summed E-state index contributed by atoms with van der Waals surface area (Å²) in [7, 11) is 0. The molecular formula is C14H19N5. The molecule has 1 aromatic carbocycles. The number of hydrogen-bond acceptors (Lipinski definition) is 4. The highest BCUT2D eigenvalue weighted by Crippen LogP contribution is 2.10. The van der Waals surface area contributed by atoms with Gasteiger partial charge in [0, 0.05) is 32.7 Å². The van der Waals surface area contributed by atoms with Gasteiger partial charge < -0.3 is 10.2 Å². The highest BCUT2D eigenvalue weighted by Gasteiger charge is 2.09. The molecule has 2 heterocycles. The van der Waals surface area contributed by atoms with Gasteiger partial charge in [0.15, 0.2) is 0 Å². The van der Waals surface area contributed by atoms with Crippen molar-refractivity contribution in [3.63, 3.8) is 0 Å². The van der Waals surface area contributed by atoms with Crippen molar-refractivity contribution in [1.82, 2.24) is 25.0 Å². The molecule has 1 saturated heterocycles. The predicted molar refractivity (Wildman–Crippen MR) is 74.4 cm³/mol. The summed E-state index contributed by atoms with van der Waals surface area (Å²) in [6.45, 7) is 5.66. The smallest absolute Gasteiger partial charge is 0.138 e. The Labute approximate surface area is 113 Å². The van der Waals surface area contributed by atoms with Gasteiger partial charge in [-0.15, -0.1) is 0 Å². The van der Waals surface area contributed by atoms with Crippen LogP contribution >= 0.6 is 0 Å². The highest BCUT2D eigenvalue weighted by atomic mass is 15.3. The van der Waals surface area contributed by atoms with Gasteiger partial charge in [-0.25, -0.2) is 9.67 Å². The van der Waals surface area contributed by atoms with Crippen molar-refractivity contribution in [1.29, 1.82) is 0 Å². The van der Waals surface area contributed by atoms with Gasteiger partial charge in [0.25, 0.3) is 0 Å². The summed E-state index contributed by atoms with van der Waals surface area (Å²) >= 11 is 0. The van der Waals surface area contributed by atoms with Crippen molar-refractivity contribution in [2.45, 2.75) is 6.42 Å². The largest absolute Gasteiger partial charge is 0.314 e. The molecule has 1 aliphatic rings. The quantitative estimate of drug-likeness (QED) is 0.876. The Hall–Kier alpha value is -1.72. The SMILES string of the molecule is c1cc(CCN2CCNCC2)cc(-n2cncn2)c1. The first-order valence-electron chi connectivity index (χ1n) is 6.79. The monoisotopic (exact) mass is 257 g/mol. The first-order chi connectivity index (χ1) is 9.42. The second-order valence-corrected chi connectivity index (χ2v) is 4.85. The number of rotatable bonds is 4. The van der Waals surface area contributed by atoms with Gasteiger partial charge >= 0.3 is 0 Å². The van der Waals surface area contributed by atoms with Gasteiger partial charge in [-0.1, -0.05) is 12.1 Å². The van der Waals surface area contributed by atoms with Crippen LogP contribution in [-0.2, 0) is 6.42 Å². The minimum absolute atomic E-state index is 1.08. The molecule has 0 amide bonds. The van der Waals surface area contributed by atoms with Crippen LogP contribution in [0.15, 0.2) is 36.9 Å². The average Bonchev–Trinajstić information content (AvgIpc) is 3.01. The summed E-state index contributed by atoms with van der Waals surface area (Å²) in [4.78, 5) is 6.50. The van der Waals surface area contributed by atoms with Gasteiger partial charge in [-0.3, -0.25) is 0 Å². The molecule has 1 N–H and O–H groups in total. The fourth-order valence-corrected chi connectivity index (χ4v) is 2.42. The third-order valence-corrected chi connectivity index (χ3v) is 3.52. The molecule has 100 valence electrons. The Balaban J connectivity index is 1.63. The molecule has 1 aliphatic heterocycles. The molecule has 0 unspecified atom stereocenters. The molecule has 0 radical (unpaired) electrons. The van der Waals surface area contributed by atoms with Crippen molar-refractivity contribution in [3.05, 3.63) is 42.5 Å². The third kappa shape index (κ3) is 3.19. The molecule has 5 nitrogen and oxygen atoms in total. The fraction of sp³-hybridized carbons (Fsp3) is 0.429. The van der Waals surface area contributed by atoms with Crippen LogP contribution in [0.3, 0.4) is 0 Å². The molecule has 0 atom stereocenters. The maximum absolute atomic E-state index is 4.16. The minimum Gasteiger partial charge on any atom is -0.314 e. The van der Waals surface area contributed by atoms with E-state index in [0.29, 0.717) is 0 Å². The number of hydrogen-bond donors (Lipinski definition) is 1. The number of nitrogens with one attached hydrogen (secondary N) is 1. The lowest BCUT2D eigenvalue weighted by molar-refractivity contribution is 0.244. The van der Waals surface area contributed by atoms with Crippen molar-refractivity contribution in [2.24, 2.45) is 0 Å². The van der Waals surface area contributed by atoms with E-state index < -0.39 is 0 Å². The van der Waals surface area contributed by atoms with E-state index in [0.717, 1.165) is 44.8 Å². The highest BCUT2D eigenvalue weighted by molar-refractivity contribution is 5.34. The molecular weight excluding hydrogens is 238 g/mol. The van der Waals surface area contributed by atoms with Crippen LogP contribution in [0.2, 0.25) is 0 Å². The summed E-state index contributed by atoms with van der Waals surface area (Å²) in [6.07, 6.45) is 4.38. The average molecular weight is 257 g/mol. The van der Waals surface area contributed by atoms with Gasteiger partial charge in [0.05, 0.1) is 5.69 Å². The van der Waals surface area contributed by atoms with E-state index in [1.807, 2.05) is 0 Å². The van der Waals surface area contributed by atoms with Gasteiger partial charge in [-0.05, 0) is 24.1 Å². The van der Waals surface area contributed by atoms with E-state index >= 15 is 0 Å². The Morgan fingerprint density at radius 3 is 2.89 bits per heavy atom. The number of nitrogens with zero attached hydrogens (tertiary/aromatic N) is 4. The van der Waals surface area contributed by atoms with E-state index in [1.54, 1.807) is 17.3 Å². The first kappa shape index (κ1) is 12.3. The second-order valence-electron chi connectivity index (χ2n) is 4.85. The maximum Gasteiger partial charge on any atom is 0.138 e. The third-order valence-electron chi connectivity index (χ3n) is 3.52. The lowest BCUT2D eigenvalue weighted by Gasteiger charge is -2.27. The van der Waals surface area contributed by atoms with Crippen LogP contribution in [0.4, 0.5) is 0 Å². The van der Waals surface area contributed by atoms with E-state index in [4.69, 9.17) is 0 Å². The van der Waals surface area contributed by atoms with Crippen LogP contribution < -0.4 is 5.32 Å². The molecule has 0 spiro atoms. The molecule has 0 bridgehead atoms. The summed E-state index contributed by atoms with van der Waals surface area (Å²) in [5, 5.41) is 7.54. The van der Waals surface area contributed by atoms with Crippen molar-refractivity contribution >= 4 is 0 Å². The van der Waals surface area contributed by atoms with E-state index in [-0.39, 0.29) is 0 Å². The summed E-state index contributed by atoms with van der Waals surface area (Å²) in [5.41, 5.74) is 2.43. The zero-order chi connectivity index (χ0) is 12.9. The van der Waals surface area contributed by atoms with E-state index in [2.05, 4.69) is 44.6 Å². The Bertz CT molecular complexity index is 502.